The minimum atomic E-state index is -0.357. The summed E-state index contributed by atoms with van der Waals surface area (Å²) in [5, 5.41) is 0. The average Bonchev–Trinajstić information content (AvgIpc) is 3.48. The minimum absolute atomic E-state index is 0.0781. The molecule has 8 heteroatoms. The Bertz CT molecular complexity index is 1240. The van der Waals surface area contributed by atoms with Crippen molar-refractivity contribution < 1.29 is 19.1 Å². The van der Waals surface area contributed by atoms with Crippen LogP contribution in [0.25, 0.3) is 0 Å². The first kappa shape index (κ1) is 22.8. The molecular formula is C25H27N3O4S. The second-order valence-corrected chi connectivity index (χ2v) is 9.15. The molecule has 7 nitrogen and oxygen atoms in total. The molecule has 2 amide bonds. The van der Waals surface area contributed by atoms with Crippen molar-refractivity contribution in [1.82, 2.24) is 9.47 Å². The van der Waals surface area contributed by atoms with Gasteiger partial charge in [0.05, 0.1) is 14.2 Å². The van der Waals surface area contributed by atoms with Gasteiger partial charge < -0.3 is 18.9 Å². The van der Waals surface area contributed by atoms with Crippen LogP contribution in [0.5, 0.6) is 11.5 Å². The van der Waals surface area contributed by atoms with E-state index in [2.05, 4.69) is 4.99 Å². The number of carbonyl (C=O) groups excluding carboxylic acids is 2. The van der Waals surface area contributed by atoms with Gasteiger partial charge >= 0.3 is 0 Å². The molecule has 0 spiro atoms. The van der Waals surface area contributed by atoms with Crippen LogP contribution in [0.2, 0.25) is 0 Å². The van der Waals surface area contributed by atoms with Crippen molar-refractivity contribution in [3.8, 4) is 11.5 Å². The molecule has 1 saturated heterocycles. The third-order valence-electron chi connectivity index (χ3n) is 5.58. The van der Waals surface area contributed by atoms with Crippen LogP contribution in [-0.2, 0) is 6.54 Å². The third kappa shape index (κ3) is 5.17. The van der Waals surface area contributed by atoms with Crippen molar-refractivity contribution >= 4 is 23.2 Å². The highest BCUT2D eigenvalue weighted by molar-refractivity contribution is 7.09. The van der Waals surface area contributed by atoms with E-state index in [0.29, 0.717) is 34.0 Å². The Morgan fingerprint density at radius 1 is 1.00 bits per heavy atom. The summed E-state index contributed by atoms with van der Waals surface area (Å²) in [5.74, 6) is 0.756. The summed E-state index contributed by atoms with van der Waals surface area (Å²) < 4.78 is 12.5. The number of thiazole rings is 1. The summed E-state index contributed by atoms with van der Waals surface area (Å²) in [6, 6.07) is 12.7. The Balaban J connectivity index is 1.59. The van der Waals surface area contributed by atoms with Crippen LogP contribution in [0, 0.1) is 6.92 Å². The van der Waals surface area contributed by atoms with Crippen LogP contribution in [0.4, 0.5) is 0 Å². The lowest BCUT2D eigenvalue weighted by molar-refractivity contribution is 0.0792. The van der Waals surface area contributed by atoms with Gasteiger partial charge in [0.2, 0.25) is 0 Å². The monoisotopic (exact) mass is 465 g/mol. The smallest absolute Gasteiger partial charge is 0.279 e. The predicted molar refractivity (Wildman–Crippen MR) is 127 cm³/mol. The molecule has 1 aliphatic heterocycles. The van der Waals surface area contributed by atoms with Gasteiger partial charge in [-0.1, -0.05) is 12.1 Å². The summed E-state index contributed by atoms with van der Waals surface area (Å²) in [7, 11) is 3.08. The van der Waals surface area contributed by atoms with Crippen LogP contribution in [0.15, 0.2) is 53.7 Å². The largest absolute Gasteiger partial charge is 0.493 e. The van der Waals surface area contributed by atoms with Gasteiger partial charge in [0.1, 0.15) is 0 Å². The number of carbonyl (C=O) groups is 2. The van der Waals surface area contributed by atoms with E-state index in [1.807, 2.05) is 46.9 Å². The Kier molecular flexibility index (Phi) is 6.93. The molecule has 2 heterocycles. The molecule has 0 aliphatic carbocycles. The van der Waals surface area contributed by atoms with E-state index in [9.17, 15) is 9.59 Å². The van der Waals surface area contributed by atoms with Gasteiger partial charge in [0.25, 0.3) is 11.8 Å². The molecule has 0 radical (unpaired) electrons. The maximum Gasteiger partial charge on any atom is 0.279 e. The number of aryl methyl sites for hydroxylation is 1. The first-order chi connectivity index (χ1) is 16.0. The predicted octanol–water partition coefficient (Wildman–Crippen LogP) is 3.90. The minimum Gasteiger partial charge on any atom is -0.493 e. The number of methoxy groups -OCH3 is 2. The highest BCUT2D eigenvalue weighted by Gasteiger charge is 2.19. The SMILES string of the molecule is COc1ccc(C(=O)N=c2sc(C)cn2Cc2cccc(C(=O)N3CCCC3)c2)cc1OC. The quantitative estimate of drug-likeness (QED) is 0.554. The van der Waals surface area contributed by atoms with Crippen LogP contribution in [0.1, 0.15) is 44.0 Å². The van der Waals surface area contributed by atoms with Crippen LogP contribution in [-0.4, -0.2) is 48.6 Å². The van der Waals surface area contributed by atoms with E-state index < -0.39 is 0 Å². The van der Waals surface area contributed by atoms with Gasteiger partial charge in [-0.15, -0.1) is 11.3 Å². The molecule has 0 N–H and O–H groups in total. The van der Waals surface area contributed by atoms with Crippen LogP contribution >= 0.6 is 11.3 Å². The first-order valence-electron chi connectivity index (χ1n) is 10.8. The second kappa shape index (κ2) is 10.0. The number of likely N-dealkylation sites (tertiary alicyclic amines) is 1. The molecule has 1 fully saturated rings. The molecule has 1 aromatic heterocycles. The fourth-order valence-corrected chi connectivity index (χ4v) is 4.76. The Hall–Kier alpha value is -3.39. The zero-order valence-corrected chi connectivity index (χ0v) is 19.9. The highest BCUT2D eigenvalue weighted by Crippen LogP contribution is 2.27. The fraction of sp³-hybridized carbons (Fsp3) is 0.320. The number of hydrogen-bond donors (Lipinski definition) is 0. The molecule has 1 aliphatic rings. The van der Waals surface area contributed by atoms with E-state index in [4.69, 9.17) is 9.47 Å². The normalized spacial score (nSPS) is 13.9. The molecule has 0 unspecified atom stereocenters. The van der Waals surface area contributed by atoms with Crippen LogP contribution < -0.4 is 14.3 Å². The number of amides is 2. The molecular weight excluding hydrogens is 438 g/mol. The van der Waals surface area contributed by atoms with E-state index in [-0.39, 0.29) is 11.8 Å². The number of benzene rings is 2. The van der Waals surface area contributed by atoms with E-state index >= 15 is 0 Å². The second-order valence-electron chi connectivity index (χ2n) is 7.94. The molecule has 172 valence electrons. The summed E-state index contributed by atoms with van der Waals surface area (Å²) in [6.45, 7) is 4.14. The van der Waals surface area contributed by atoms with Crippen molar-refractivity contribution in [2.45, 2.75) is 26.3 Å². The number of rotatable bonds is 6. The van der Waals surface area contributed by atoms with E-state index in [1.165, 1.54) is 18.4 Å². The average molecular weight is 466 g/mol. The molecule has 0 saturated carbocycles. The summed E-state index contributed by atoms with van der Waals surface area (Å²) in [6.07, 6.45) is 4.10. The maximum absolute atomic E-state index is 12.9. The molecule has 0 bridgehead atoms. The van der Waals surface area contributed by atoms with Gasteiger partial charge in [-0.05, 0) is 55.7 Å². The lowest BCUT2D eigenvalue weighted by atomic mass is 10.1. The number of aromatic nitrogens is 1. The lowest BCUT2D eigenvalue weighted by Gasteiger charge is -2.15. The van der Waals surface area contributed by atoms with Gasteiger partial charge in [-0.3, -0.25) is 9.59 Å². The highest BCUT2D eigenvalue weighted by atomic mass is 32.1. The molecule has 2 aromatic carbocycles. The molecule has 0 atom stereocenters. The zero-order valence-electron chi connectivity index (χ0n) is 19.0. The number of nitrogens with zero attached hydrogens (tertiary/aromatic N) is 3. The van der Waals surface area contributed by atoms with Gasteiger partial charge in [0.15, 0.2) is 16.3 Å². The van der Waals surface area contributed by atoms with E-state index in [0.717, 1.165) is 36.4 Å². The Labute approximate surface area is 196 Å². The van der Waals surface area contributed by atoms with Crippen molar-refractivity contribution in [2.75, 3.05) is 27.3 Å². The number of ether oxygens (including phenoxy) is 2. The summed E-state index contributed by atoms with van der Waals surface area (Å²) >= 11 is 1.45. The van der Waals surface area contributed by atoms with Crippen molar-refractivity contribution in [2.24, 2.45) is 4.99 Å². The summed E-state index contributed by atoms with van der Waals surface area (Å²) in [4.78, 5) is 33.5. The molecule has 3 aromatic rings. The maximum atomic E-state index is 12.9. The van der Waals surface area contributed by atoms with E-state index in [1.54, 1.807) is 25.3 Å². The standard InChI is InChI=1S/C25H27N3O4S/c1-17-15-28(16-18-7-6-8-20(13-18)24(30)27-11-4-5-12-27)25(33-17)26-23(29)19-9-10-21(31-2)22(14-19)32-3/h6-10,13-15H,4-5,11-12,16H2,1-3H3. The van der Waals surface area contributed by atoms with Crippen molar-refractivity contribution in [3.63, 3.8) is 0 Å². The topological polar surface area (TPSA) is 73.1 Å². The number of hydrogen-bond acceptors (Lipinski definition) is 5. The summed E-state index contributed by atoms with van der Waals surface area (Å²) in [5.41, 5.74) is 2.10. The first-order valence-corrected chi connectivity index (χ1v) is 11.7. The van der Waals surface area contributed by atoms with Gasteiger partial charge in [0, 0.05) is 41.8 Å². The van der Waals surface area contributed by atoms with Gasteiger partial charge in [-0.2, -0.15) is 4.99 Å². The Morgan fingerprint density at radius 3 is 2.48 bits per heavy atom. The fourth-order valence-electron chi connectivity index (χ4n) is 3.93. The molecule has 33 heavy (non-hydrogen) atoms. The lowest BCUT2D eigenvalue weighted by Crippen LogP contribution is -2.27. The third-order valence-corrected chi connectivity index (χ3v) is 6.52. The van der Waals surface area contributed by atoms with Crippen molar-refractivity contribution in [1.29, 1.82) is 0 Å². The zero-order chi connectivity index (χ0) is 23.4. The van der Waals surface area contributed by atoms with Gasteiger partial charge in [-0.25, -0.2) is 0 Å². The van der Waals surface area contributed by atoms with Crippen molar-refractivity contribution in [3.05, 3.63) is 75.0 Å². The van der Waals surface area contributed by atoms with Crippen LogP contribution in [0.3, 0.4) is 0 Å². The molecule has 4 rings (SSSR count). The Morgan fingerprint density at radius 2 is 1.76 bits per heavy atom.